The molecule has 2 fully saturated rings. The topological polar surface area (TPSA) is 146 Å². The molecule has 0 spiro atoms. The highest BCUT2D eigenvalue weighted by atomic mass is 35.5. The minimum Gasteiger partial charge on any atom is -0.477 e. The smallest absolute Gasteiger partial charge is 0.341 e. The SMILES string of the molecule is CNc1cc(Cl)cc2c1[nH]c1ncc(-c3cnc4c(c3)c(=O)c(C(=O)O)cn4C)c(N3CC4OCC(O)[C@H]4C3)c12. The highest BCUT2D eigenvalue weighted by Gasteiger charge is 2.44. The predicted octanol–water partition coefficient (Wildman–Crippen LogP) is 3.22. The van der Waals surface area contributed by atoms with Crippen LogP contribution >= 0.6 is 11.6 Å². The molecule has 0 amide bonds. The molecule has 0 saturated carbocycles. The quantitative estimate of drug-likeness (QED) is 0.260. The lowest BCUT2D eigenvalue weighted by Crippen LogP contribution is -2.26. The van der Waals surface area contributed by atoms with Crippen molar-refractivity contribution < 1.29 is 19.7 Å². The first-order valence-electron chi connectivity index (χ1n) is 12.8. The Morgan fingerprint density at radius 2 is 2.02 bits per heavy atom. The Morgan fingerprint density at radius 1 is 1.20 bits per heavy atom. The Morgan fingerprint density at radius 3 is 2.77 bits per heavy atom. The first-order chi connectivity index (χ1) is 19.2. The van der Waals surface area contributed by atoms with Crippen LogP contribution in [0.25, 0.3) is 44.1 Å². The summed E-state index contributed by atoms with van der Waals surface area (Å²) in [5.74, 6) is -1.34. The molecule has 0 bridgehead atoms. The summed E-state index contributed by atoms with van der Waals surface area (Å²) in [5.41, 5.74) is 3.94. The molecule has 2 aliphatic heterocycles. The minimum atomic E-state index is -1.30. The predicted molar refractivity (Wildman–Crippen MR) is 153 cm³/mol. The molecule has 4 aromatic heterocycles. The number of ether oxygens (including phenoxy) is 1. The Bertz CT molecular complexity index is 1930. The van der Waals surface area contributed by atoms with E-state index in [-0.39, 0.29) is 23.0 Å². The summed E-state index contributed by atoms with van der Waals surface area (Å²) in [6, 6.07) is 5.40. The van der Waals surface area contributed by atoms with Crippen LogP contribution in [0.15, 0.2) is 41.6 Å². The highest BCUT2D eigenvalue weighted by Crippen LogP contribution is 2.45. The van der Waals surface area contributed by atoms with Crippen LogP contribution in [-0.2, 0) is 11.8 Å². The van der Waals surface area contributed by atoms with Crippen molar-refractivity contribution in [1.82, 2.24) is 19.5 Å². The summed E-state index contributed by atoms with van der Waals surface area (Å²) in [6.07, 6.45) is 4.00. The molecule has 7 rings (SSSR count). The van der Waals surface area contributed by atoms with Crippen LogP contribution in [0.1, 0.15) is 10.4 Å². The van der Waals surface area contributed by atoms with Crippen LogP contribution in [0.2, 0.25) is 5.02 Å². The van der Waals surface area contributed by atoms with Gasteiger partial charge in [-0.25, -0.2) is 14.8 Å². The number of aliphatic hydroxyl groups is 1. The Hall–Kier alpha value is -4.19. The number of hydrogen-bond donors (Lipinski definition) is 4. The number of carbonyl (C=O) groups is 1. The number of benzene rings is 1. The van der Waals surface area contributed by atoms with E-state index in [9.17, 15) is 19.8 Å². The molecule has 204 valence electrons. The van der Waals surface area contributed by atoms with Crippen LogP contribution in [0, 0.1) is 5.92 Å². The number of aromatic amines is 1. The van der Waals surface area contributed by atoms with Gasteiger partial charge in [-0.15, -0.1) is 0 Å². The number of nitrogens with zero attached hydrogens (tertiary/aromatic N) is 4. The molecule has 40 heavy (non-hydrogen) atoms. The van der Waals surface area contributed by atoms with Crippen molar-refractivity contribution in [2.75, 3.05) is 37.0 Å². The first kappa shape index (κ1) is 24.8. The number of aryl methyl sites for hydroxylation is 1. The largest absolute Gasteiger partial charge is 0.477 e. The van der Waals surface area contributed by atoms with Gasteiger partial charge >= 0.3 is 5.97 Å². The maximum atomic E-state index is 13.1. The number of aliphatic hydroxyl groups excluding tert-OH is 1. The zero-order chi connectivity index (χ0) is 27.9. The summed E-state index contributed by atoms with van der Waals surface area (Å²) in [7, 11) is 3.48. The van der Waals surface area contributed by atoms with E-state index in [0.717, 1.165) is 27.7 Å². The number of nitrogens with one attached hydrogen (secondary N) is 2. The molecule has 2 unspecified atom stereocenters. The van der Waals surface area contributed by atoms with E-state index in [0.29, 0.717) is 47.1 Å². The minimum absolute atomic E-state index is 0.0436. The molecule has 0 radical (unpaired) electrons. The third-order valence-electron chi connectivity index (χ3n) is 8.09. The number of fused-ring (bicyclic) bond motifs is 5. The lowest BCUT2D eigenvalue weighted by atomic mass is 10.0. The van der Waals surface area contributed by atoms with Gasteiger partial charge in [0.1, 0.15) is 16.9 Å². The van der Waals surface area contributed by atoms with E-state index in [1.54, 1.807) is 25.5 Å². The van der Waals surface area contributed by atoms with Crippen molar-refractivity contribution in [2.45, 2.75) is 12.2 Å². The third kappa shape index (κ3) is 3.58. The van der Waals surface area contributed by atoms with E-state index in [4.69, 9.17) is 21.3 Å². The molecule has 12 heteroatoms. The second-order valence-electron chi connectivity index (χ2n) is 10.4. The van der Waals surface area contributed by atoms with Gasteiger partial charge in [0.2, 0.25) is 5.43 Å². The molecule has 2 aliphatic rings. The van der Waals surface area contributed by atoms with Gasteiger partial charge in [-0.2, -0.15) is 0 Å². The van der Waals surface area contributed by atoms with Crippen LogP contribution < -0.4 is 15.6 Å². The Balaban J connectivity index is 1.53. The van der Waals surface area contributed by atoms with Crippen molar-refractivity contribution >= 4 is 61.9 Å². The summed E-state index contributed by atoms with van der Waals surface area (Å²) in [4.78, 5) is 39.8. The molecule has 5 aromatic rings. The number of aromatic nitrogens is 4. The average Bonchev–Trinajstić information content (AvgIpc) is 3.63. The van der Waals surface area contributed by atoms with Gasteiger partial charge in [0.25, 0.3) is 0 Å². The maximum Gasteiger partial charge on any atom is 0.341 e. The monoisotopic (exact) mass is 560 g/mol. The number of halogens is 1. The van der Waals surface area contributed by atoms with E-state index < -0.39 is 17.5 Å². The van der Waals surface area contributed by atoms with E-state index in [2.05, 4.69) is 20.2 Å². The standard InChI is InChI=1S/C28H25ClN6O5/c1-30-19-5-13(29)4-14-22-24(35-9-17-20(36)11-40-21(17)10-35)16(7-31-26(22)33-23(14)19)12-3-15-25(37)18(28(38)39)8-34(2)27(15)32-6-12/h3-8,17,20-21,30,36H,9-11H2,1-2H3,(H,31,33)(H,38,39)/t17-,20?,21?/m1/s1. The summed E-state index contributed by atoms with van der Waals surface area (Å²) in [5, 5.41) is 25.8. The molecule has 2 saturated heterocycles. The average molecular weight is 561 g/mol. The van der Waals surface area contributed by atoms with E-state index in [1.165, 1.54) is 10.8 Å². The Labute approximate surface area is 232 Å². The van der Waals surface area contributed by atoms with Crippen molar-refractivity contribution in [3.63, 3.8) is 0 Å². The normalized spacial score (nSPS) is 20.6. The van der Waals surface area contributed by atoms with E-state index in [1.807, 2.05) is 19.2 Å². The summed E-state index contributed by atoms with van der Waals surface area (Å²) < 4.78 is 7.42. The van der Waals surface area contributed by atoms with Gasteiger partial charge < -0.3 is 34.7 Å². The fourth-order valence-electron chi connectivity index (χ4n) is 6.18. The number of aromatic carboxylic acids is 1. The van der Waals surface area contributed by atoms with Gasteiger partial charge in [0, 0.05) is 73.2 Å². The second kappa shape index (κ2) is 8.91. The number of pyridine rings is 3. The molecule has 0 aliphatic carbocycles. The van der Waals surface area contributed by atoms with Gasteiger partial charge in [0.15, 0.2) is 0 Å². The third-order valence-corrected chi connectivity index (χ3v) is 8.31. The number of H-pyrrole nitrogens is 1. The fraction of sp³-hybridized carbons (Fsp3) is 0.286. The van der Waals surface area contributed by atoms with Crippen molar-refractivity contribution in [3.05, 3.63) is 57.6 Å². The van der Waals surface area contributed by atoms with Crippen LogP contribution in [0.5, 0.6) is 0 Å². The van der Waals surface area contributed by atoms with Crippen LogP contribution in [-0.4, -0.2) is 74.7 Å². The fourth-order valence-corrected chi connectivity index (χ4v) is 6.40. The molecule has 6 heterocycles. The van der Waals surface area contributed by atoms with E-state index >= 15 is 0 Å². The molecular formula is C28H25ClN6O5. The summed E-state index contributed by atoms with van der Waals surface area (Å²) >= 11 is 6.53. The Kier molecular flexibility index (Phi) is 5.53. The van der Waals surface area contributed by atoms with Crippen molar-refractivity contribution in [2.24, 2.45) is 13.0 Å². The summed E-state index contributed by atoms with van der Waals surface area (Å²) in [6.45, 7) is 1.45. The zero-order valence-electron chi connectivity index (χ0n) is 21.6. The molecule has 1 aromatic carbocycles. The van der Waals surface area contributed by atoms with Crippen molar-refractivity contribution in [1.29, 1.82) is 0 Å². The first-order valence-corrected chi connectivity index (χ1v) is 13.2. The van der Waals surface area contributed by atoms with Gasteiger partial charge in [-0.05, 0) is 18.2 Å². The lowest BCUT2D eigenvalue weighted by Gasteiger charge is -2.24. The molecule has 3 atom stereocenters. The van der Waals surface area contributed by atoms with Gasteiger partial charge in [0.05, 0.1) is 46.5 Å². The number of anilines is 2. The van der Waals surface area contributed by atoms with Crippen molar-refractivity contribution in [3.8, 4) is 11.1 Å². The van der Waals surface area contributed by atoms with Gasteiger partial charge in [-0.3, -0.25) is 4.79 Å². The van der Waals surface area contributed by atoms with Crippen LogP contribution in [0.4, 0.5) is 11.4 Å². The number of hydrogen-bond acceptors (Lipinski definition) is 8. The van der Waals surface area contributed by atoms with Crippen LogP contribution in [0.3, 0.4) is 0 Å². The molecule has 4 N–H and O–H groups in total. The second-order valence-corrected chi connectivity index (χ2v) is 10.8. The highest BCUT2D eigenvalue weighted by molar-refractivity contribution is 6.33. The lowest BCUT2D eigenvalue weighted by molar-refractivity contribution is 0.0695. The molecular weight excluding hydrogens is 536 g/mol. The molecule has 11 nitrogen and oxygen atoms in total. The number of carboxylic acids is 1. The van der Waals surface area contributed by atoms with Gasteiger partial charge in [-0.1, -0.05) is 11.6 Å². The maximum absolute atomic E-state index is 13.1. The number of carboxylic acid groups (broad SMARTS) is 1. The number of rotatable bonds is 4. The zero-order valence-corrected chi connectivity index (χ0v) is 22.4.